The molecule has 0 unspecified atom stereocenters. The molecular weight excluding hydrogens is 323 g/mol. The van der Waals surface area contributed by atoms with E-state index in [2.05, 4.69) is 25.7 Å². The summed E-state index contributed by atoms with van der Waals surface area (Å²) in [5.41, 5.74) is 0.702. The maximum absolute atomic E-state index is 13.7. The van der Waals surface area contributed by atoms with Gasteiger partial charge in [0.25, 0.3) is 0 Å². The van der Waals surface area contributed by atoms with E-state index in [0.717, 1.165) is 43.2 Å². The van der Waals surface area contributed by atoms with Crippen molar-refractivity contribution in [1.82, 2.24) is 4.90 Å². The number of hydrogen-bond acceptors (Lipinski definition) is 3. The monoisotopic (exact) mass is 338 g/mol. The summed E-state index contributed by atoms with van der Waals surface area (Å²) in [6, 6.07) is 10.9. The Morgan fingerprint density at radius 2 is 1.80 bits per heavy atom. The molecule has 106 valence electrons. The van der Waals surface area contributed by atoms with Crippen LogP contribution in [0.15, 0.2) is 45.5 Å². The molecule has 1 saturated heterocycles. The first-order valence-corrected chi connectivity index (χ1v) is 7.48. The minimum atomic E-state index is -0.143. The molecule has 0 bridgehead atoms. The van der Waals surface area contributed by atoms with E-state index in [4.69, 9.17) is 4.42 Å². The van der Waals surface area contributed by atoms with E-state index in [-0.39, 0.29) is 5.82 Å². The molecule has 1 aromatic carbocycles. The number of benzene rings is 1. The van der Waals surface area contributed by atoms with Crippen molar-refractivity contribution in [2.24, 2.45) is 0 Å². The van der Waals surface area contributed by atoms with Crippen LogP contribution in [0.25, 0.3) is 0 Å². The highest BCUT2D eigenvalue weighted by molar-refractivity contribution is 9.10. The van der Waals surface area contributed by atoms with Crippen molar-refractivity contribution in [3.05, 3.63) is 52.6 Å². The molecule has 0 aliphatic carbocycles. The molecule has 2 aromatic rings. The van der Waals surface area contributed by atoms with E-state index >= 15 is 0 Å². The van der Waals surface area contributed by atoms with Crippen molar-refractivity contribution >= 4 is 21.6 Å². The Kier molecular flexibility index (Phi) is 4.08. The standard InChI is InChI=1S/C15H16BrFN2O/c16-15-6-5-12(20-15)11-18-7-9-19(10-8-18)14-4-2-1-3-13(14)17/h1-6H,7-11H2. The first-order valence-electron chi connectivity index (χ1n) is 6.68. The van der Waals surface area contributed by atoms with Crippen LogP contribution in [-0.2, 0) is 6.54 Å². The van der Waals surface area contributed by atoms with Gasteiger partial charge >= 0.3 is 0 Å². The first-order chi connectivity index (χ1) is 9.72. The van der Waals surface area contributed by atoms with Crippen molar-refractivity contribution in [1.29, 1.82) is 0 Å². The molecule has 1 aromatic heterocycles. The first kappa shape index (κ1) is 13.6. The Morgan fingerprint density at radius 1 is 1.05 bits per heavy atom. The summed E-state index contributed by atoms with van der Waals surface area (Å²) < 4.78 is 20.0. The summed E-state index contributed by atoms with van der Waals surface area (Å²) in [5, 5.41) is 0. The summed E-state index contributed by atoms with van der Waals surface area (Å²) in [7, 11) is 0. The molecule has 0 amide bonds. The van der Waals surface area contributed by atoms with E-state index in [0.29, 0.717) is 5.69 Å². The van der Waals surface area contributed by atoms with Crippen LogP contribution in [0.2, 0.25) is 0 Å². The van der Waals surface area contributed by atoms with Crippen molar-refractivity contribution < 1.29 is 8.81 Å². The largest absolute Gasteiger partial charge is 0.453 e. The van der Waals surface area contributed by atoms with Crippen LogP contribution in [0.3, 0.4) is 0 Å². The van der Waals surface area contributed by atoms with Gasteiger partial charge in [0.05, 0.1) is 12.2 Å². The molecular formula is C15H16BrFN2O. The van der Waals surface area contributed by atoms with E-state index in [1.54, 1.807) is 6.07 Å². The van der Waals surface area contributed by atoms with E-state index in [9.17, 15) is 4.39 Å². The Hall–Kier alpha value is -1.33. The second-order valence-electron chi connectivity index (χ2n) is 4.92. The third kappa shape index (κ3) is 3.04. The minimum absolute atomic E-state index is 0.143. The smallest absolute Gasteiger partial charge is 0.169 e. The number of halogens is 2. The summed E-state index contributed by atoms with van der Waals surface area (Å²) in [6.45, 7) is 4.29. The van der Waals surface area contributed by atoms with Crippen molar-refractivity contribution in [3.8, 4) is 0 Å². The Morgan fingerprint density at radius 3 is 2.45 bits per heavy atom. The molecule has 0 spiro atoms. The van der Waals surface area contributed by atoms with Crippen LogP contribution in [0.5, 0.6) is 0 Å². The predicted octanol–water partition coefficient (Wildman–Crippen LogP) is 3.50. The SMILES string of the molecule is Fc1ccccc1N1CCN(Cc2ccc(Br)o2)CC1. The maximum Gasteiger partial charge on any atom is 0.169 e. The highest BCUT2D eigenvalue weighted by Gasteiger charge is 2.19. The van der Waals surface area contributed by atoms with Gasteiger partial charge in [-0.3, -0.25) is 4.90 Å². The highest BCUT2D eigenvalue weighted by atomic mass is 79.9. The zero-order valence-electron chi connectivity index (χ0n) is 11.1. The molecule has 0 N–H and O–H groups in total. The highest BCUT2D eigenvalue weighted by Crippen LogP contribution is 2.21. The minimum Gasteiger partial charge on any atom is -0.453 e. The summed E-state index contributed by atoms with van der Waals surface area (Å²) in [4.78, 5) is 4.42. The van der Waals surface area contributed by atoms with Crippen LogP contribution >= 0.6 is 15.9 Å². The second-order valence-corrected chi connectivity index (χ2v) is 5.70. The number of rotatable bonds is 3. The molecule has 1 aliphatic heterocycles. The predicted molar refractivity (Wildman–Crippen MR) is 80.3 cm³/mol. The number of nitrogens with zero attached hydrogens (tertiary/aromatic N) is 2. The number of furan rings is 1. The van der Waals surface area contributed by atoms with Crippen molar-refractivity contribution in [2.75, 3.05) is 31.1 Å². The van der Waals surface area contributed by atoms with Gasteiger partial charge in [-0.05, 0) is 40.2 Å². The van der Waals surface area contributed by atoms with Gasteiger partial charge in [-0.15, -0.1) is 0 Å². The lowest BCUT2D eigenvalue weighted by Gasteiger charge is -2.35. The zero-order valence-corrected chi connectivity index (χ0v) is 12.6. The molecule has 5 heteroatoms. The van der Waals surface area contributed by atoms with E-state index < -0.39 is 0 Å². The Bertz CT molecular complexity index is 579. The summed E-state index contributed by atoms with van der Waals surface area (Å²) in [6.07, 6.45) is 0. The number of hydrogen-bond donors (Lipinski definition) is 0. The van der Waals surface area contributed by atoms with Gasteiger partial charge in [0.15, 0.2) is 4.67 Å². The normalized spacial score (nSPS) is 16.6. The summed E-state index contributed by atoms with van der Waals surface area (Å²) >= 11 is 3.31. The van der Waals surface area contributed by atoms with Crippen LogP contribution < -0.4 is 4.90 Å². The fourth-order valence-corrected chi connectivity index (χ4v) is 2.85. The van der Waals surface area contributed by atoms with Gasteiger partial charge < -0.3 is 9.32 Å². The molecule has 1 aliphatic rings. The molecule has 3 rings (SSSR count). The summed E-state index contributed by atoms with van der Waals surface area (Å²) in [5.74, 6) is 0.812. The number of anilines is 1. The van der Waals surface area contributed by atoms with Crippen LogP contribution in [0.4, 0.5) is 10.1 Å². The van der Waals surface area contributed by atoms with Gasteiger partial charge in [-0.1, -0.05) is 12.1 Å². The third-order valence-corrected chi connectivity index (χ3v) is 4.00. The molecule has 3 nitrogen and oxygen atoms in total. The lowest BCUT2D eigenvalue weighted by molar-refractivity contribution is 0.229. The molecule has 1 fully saturated rings. The Balaban J connectivity index is 1.58. The fraction of sp³-hybridized carbons (Fsp3) is 0.333. The van der Waals surface area contributed by atoms with Gasteiger partial charge in [0.1, 0.15) is 11.6 Å². The average molecular weight is 339 g/mol. The number of piperazine rings is 1. The second kappa shape index (κ2) is 5.97. The maximum atomic E-state index is 13.7. The quantitative estimate of drug-likeness (QED) is 0.853. The van der Waals surface area contributed by atoms with Crippen molar-refractivity contribution in [2.45, 2.75) is 6.54 Å². The Labute approximate surface area is 126 Å². The van der Waals surface area contributed by atoms with Gasteiger partial charge in [0.2, 0.25) is 0 Å². The van der Waals surface area contributed by atoms with Gasteiger partial charge in [0, 0.05) is 26.2 Å². The molecule has 2 heterocycles. The molecule has 0 saturated carbocycles. The fourth-order valence-electron chi connectivity index (χ4n) is 2.51. The molecule has 0 atom stereocenters. The van der Waals surface area contributed by atoms with Crippen LogP contribution in [-0.4, -0.2) is 31.1 Å². The van der Waals surface area contributed by atoms with Crippen LogP contribution in [0, 0.1) is 5.82 Å². The van der Waals surface area contributed by atoms with E-state index in [1.165, 1.54) is 6.07 Å². The lowest BCUT2D eigenvalue weighted by Crippen LogP contribution is -2.46. The topological polar surface area (TPSA) is 19.6 Å². The van der Waals surface area contributed by atoms with Crippen LogP contribution in [0.1, 0.15) is 5.76 Å². The van der Waals surface area contributed by atoms with Gasteiger partial charge in [-0.25, -0.2) is 4.39 Å². The molecule has 20 heavy (non-hydrogen) atoms. The number of para-hydroxylation sites is 1. The zero-order chi connectivity index (χ0) is 13.9. The van der Waals surface area contributed by atoms with E-state index in [1.807, 2.05) is 24.3 Å². The van der Waals surface area contributed by atoms with Gasteiger partial charge in [-0.2, -0.15) is 0 Å². The lowest BCUT2D eigenvalue weighted by atomic mass is 10.2. The average Bonchev–Trinajstić information content (AvgIpc) is 2.86. The third-order valence-electron chi connectivity index (χ3n) is 3.57. The van der Waals surface area contributed by atoms with Crippen molar-refractivity contribution in [3.63, 3.8) is 0 Å². The molecule has 0 radical (unpaired) electrons.